The van der Waals surface area contributed by atoms with Crippen molar-refractivity contribution in [2.75, 3.05) is 6.54 Å². The van der Waals surface area contributed by atoms with Gasteiger partial charge in [-0.2, -0.15) is 0 Å². The quantitative estimate of drug-likeness (QED) is 0.648. The van der Waals surface area contributed by atoms with E-state index in [-0.39, 0.29) is 6.04 Å². The molecule has 1 N–H and O–H groups in total. The van der Waals surface area contributed by atoms with Gasteiger partial charge in [0.1, 0.15) is 0 Å². The number of rotatable bonds is 5. The maximum absolute atomic E-state index is 3.62. The zero-order valence-electron chi connectivity index (χ0n) is 10.9. The molecule has 1 atom stereocenters. The molecule has 3 heteroatoms. The minimum absolute atomic E-state index is 0.269. The number of hydrogen-bond acceptors (Lipinski definition) is 1. The summed E-state index contributed by atoms with van der Waals surface area (Å²) in [6.45, 7) is 3.21. The number of hydrogen-bond donors (Lipinski definition) is 1. The zero-order chi connectivity index (χ0) is 13.7. The predicted octanol–water partition coefficient (Wildman–Crippen LogP) is 5.14. The Hall–Kier alpha value is -0.390. The van der Waals surface area contributed by atoms with Crippen LogP contribution >= 0.6 is 38.5 Å². The molecule has 0 radical (unpaired) electrons. The highest BCUT2D eigenvalue weighted by atomic mass is 127. The van der Waals surface area contributed by atoms with Crippen molar-refractivity contribution in [2.24, 2.45) is 0 Å². The molecule has 0 saturated carbocycles. The third-order valence-corrected chi connectivity index (χ3v) is 4.25. The molecule has 0 aromatic heterocycles. The van der Waals surface area contributed by atoms with Crippen LogP contribution in [0.3, 0.4) is 0 Å². The lowest BCUT2D eigenvalue weighted by Crippen LogP contribution is -2.23. The SMILES string of the molecule is CCCNC(c1ccc(Br)cc1)c1ccc(I)cc1. The lowest BCUT2D eigenvalue weighted by Gasteiger charge is -2.20. The van der Waals surface area contributed by atoms with Crippen LogP contribution in [0.5, 0.6) is 0 Å². The Morgan fingerprint density at radius 3 is 2.05 bits per heavy atom. The van der Waals surface area contributed by atoms with Crippen LogP contribution in [-0.4, -0.2) is 6.54 Å². The molecule has 1 nitrogen and oxygen atoms in total. The molecule has 100 valence electrons. The van der Waals surface area contributed by atoms with Gasteiger partial charge in [-0.15, -0.1) is 0 Å². The van der Waals surface area contributed by atoms with Gasteiger partial charge in [0.05, 0.1) is 6.04 Å². The van der Waals surface area contributed by atoms with Crippen molar-refractivity contribution in [1.82, 2.24) is 5.32 Å². The van der Waals surface area contributed by atoms with Crippen LogP contribution in [0.4, 0.5) is 0 Å². The minimum Gasteiger partial charge on any atom is -0.306 e. The topological polar surface area (TPSA) is 12.0 Å². The Balaban J connectivity index is 2.29. The summed E-state index contributed by atoms with van der Waals surface area (Å²) in [4.78, 5) is 0. The molecule has 0 aliphatic heterocycles. The molecule has 2 aromatic carbocycles. The molecule has 0 fully saturated rings. The van der Waals surface area contributed by atoms with Crippen LogP contribution < -0.4 is 5.32 Å². The maximum Gasteiger partial charge on any atom is 0.0576 e. The smallest absolute Gasteiger partial charge is 0.0576 e. The molecule has 1 unspecified atom stereocenters. The zero-order valence-corrected chi connectivity index (χ0v) is 14.6. The molecular formula is C16H17BrIN. The Morgan fingerprint density at radius 2 is 1.53 bits per heavy atom. The van der Waals surface area contributed by atoms with Crippen molar-refractivity contribution in [3.8, 4) is 0 Å². The van der Waals surface area contributed by atoms with Crippen LogP contribution in [-0.2, 0) is 0 Å². The average Bonchev–Trinajstić information content (AvgIpc) is 2.43. The Kier molecular flexibility index (Phi) is 5.85. The van der Waals surface area contributed by atoms with Gasteiger partial charge in [0, 0.05) is 8.04 Å². The first-order chi connectivity index (χ1) is 9.20. The van der Waals surface area contributed by atoms with E-state index in [0.717, 1.165) is 17.4 Å². The van der Waals surface area contributed by atoms with E-state index in [1.54, 1.807) is 0 Å². The third-order valence-electron chi connectivity index (χ3n) is 3.01. The first-order valence-corrected chi connectivity index (χ1v) is 8.32. The molecule has 0 amide bonds. The number of benzene rings is 2. The molecule has 0 saturated heterocycles. The highest BCUT2D eigenvalue weighted by Gasteiger charge is 2.12. The summed E-state index contributed by atoms with van der Waals surface area (Å²) in [6.07, 6.45) is 1.14. The fourth-order valence-electron chi connectivity index (χ4n) is 2.03. The molecule has 0 heterocycles. The van der Waals surface area contributed by atoms with E-state index in [4.69, 9.17) is 0 Å². The van der Waals surface area contributed by atoms with Gasteiger partial charge in [-0.05, 0) is 70.9 Å². The minimum atomic E-state index is 0.269. The van der Waals surface area contributed by atoms with Gasteiger partial charge in [0.15, 0.2) is 0 Å². The fourth-order valence-corrected chi connectivity index (χ4v) is 2.65. The van der Waals surface area contributed by atoms with E-state index in [1.165, 1.54) is 14.7 Å². The Labute approximate surface area is 137 Å². The summed E-state index contributed by atoms with van der Waals surface area (Å²) in [5.74, 6) is 0. The monoisotopic (exact) mass is 429 g/mol. The average molecular weight is 430 g/mol. The molecule has 0 bridgehead atoms. The second-order valence-electron chi connectivity index (χ2n) is 4.49. The van der Waals surface area contributed by atoms with Crippen molar-refractivity contribution >= 4 is 38.5 Å². The molecule has 2 aromatic rings. The molecule has 0 aliphatic carbocycles. The van der Waals surface area contributed by atoms with Gasteiger partial charge in [-0.25, -0.2) is 0 Å². The first kappa shape index (κ1) is 15.0. The van der Waals surface area contributed by atoms with Crippen molar-refractivity contribution in [2.45, 2.75) is 19.4 Å². The summed E-state index contributed by atoms with van der Waals surface area (Å²) < 4.78 is 2.39. The highest BCUT2D eigenvalue weighted by Crippen LogP contribution is 2.24. The summed E-state index contributed by atoms with van der Waals surface area (Å²) >= 11 is 5.83. The van der Waals surface area contributed by atoms with E-state index in [2.05, 4.69) is 99.3 Å². The molecule has 19 heavy (non-hydrogen) atoms. The van der Waals surface area contributed by atoms with Crippen LogP contribution in [0, 0.1) is 3.57 Å². The summed E-state index contributed by atoms with van der Waals surface area (Å²) in [5.41, 5.74) is 2.62. The van der Waals surface area contributed by atoms with E-state index < -0.39 is 0 Å². The molecule has 0 spiro atoms. The molecule has 2 rings (SSSR count). The molecule has 0 aliphatic rings. The lowest BCUT2D eigenvalue weighted by molar-refractivity contribution is 0.598. The number of halogens is 2. The predicted molar refractivity (Wildman–Crippen MR) is 93.4 cm³/mol. The van der Waals surface area contributed by atoms with Crippen LogP contribution in [0.15, 0.2) is 53.0 Å². The van der Waals surface area contributed by atoms with E-state index >= 15 is 0 Å². The highest BCUT2D eigenvalue weighted by molar-refractivity contribution is 14.1. The van der Waals surface area contributed by atoms with Crippen LogP contribution in [0.1, 0.15) is 30.5 Å². The fraction of sp³-hybridized carbons (Fsp3) is 0.250. The largest absolute Gasteiger partial charge is 0.306 e. The Morgan fingerprint density at radius 1 is 1.00 bits per heavy atom. The normalized spacial score (nSPS) is 12.4. The van der Waals surface area contributed by atoms with Crippen molar-refractivity contribution in [3.63, 3.8) is 0 Å². The van der Waals surface area contributed by atoms with E-state index in [9.17, 15) is 0 Å². The van der Waals surface area contributed by atoms with Gasteiger partial charge < -0.3 is 5.32 Å². The maximum atomic E-state index is 3.62. The van der Waals surface area contributed by atoms with Crippen molar-refractivity contribution in [3.05, 3.63) is 67.7 Å². The van der Waals surface area contributed by atoms with Crippen LogP contribution in [0.25, 0.3) is 0 Å². The second-order valence-corrected chi connectivity index (χ2v) is 6.65. The van der Waals surface area contributed by atoms with Gasteiger partial charge in [-0.3, -0.25) is 0 Å². The third kappa shape index (κ3) is 4.29. The summed E-state index contributed by atoms with van der Waals surface area (Å²) in [5, 5.41) is 3.62. The standard InChI is InChI=1S/C16H17BrIN/c1-2-11-19-16(12-3-7-14(17)8-4-12)13-5-9-15(18)10-6-13/h3-10,16,19H,2,11H2,1H3. The van der Waals surface area contributed by atoms with Gasteiger partial charge in [0.2, 0.25) is 0 Å². The lowest BCUT2D eigenvalue weighted by atomic mass is 9.99. The first-order valence-electron chi connectivity index (χ1n) is 6.45. The van der Waals surface area contributed by atoms with Crippen LogP contribution in [0.2, 0.25) is 0 Å². The summed E-state index contributed by atoms with van der Waals surface area (Å²) in [7, 11) is 0. The van der Waals surface area contributed by atoms with E-state index in [0.29, 0.717) is 0 Å². The van der Waals surface area contributed by atoms with E-state index in [1.807, 2.05) is 0 Å². The van der Waals surface area contributed by atoms with Gasteiger partial charge >= 0.3 is 0 Å². The van der Waals surface area contributed by atoms with Gasteiger partial charge in [-0.1, -0.05) is 47.1 Å². The Bertz CT molecular complexity index is 462. The summed E-state index contributed by atoms with van der Waals surface area (Å²) in [6, 6.07) is 17.6. The number of nitrogens with one attached hydrogen (secondary N) is 1. The molecular weight excluding hydrogens is 413 g/mol. The second kappa shape index (κ2) is 7.41. The van der Waals surface area contributed by atoms with Crippen molar-refractivity contribution < 1.29 is 0 Å². The van der Waals surface area contributed by atoms with Crippen molar-refractivity contribution in [1.29, 1.82) is 0 Å². The van der Waals surface area contributed by atoms with Gasteiger partial charge in [0.25, 0.3) is 0 Å².